The van der Waals surface area contributed by atoms with Crippen molar-refractivity contribution in [3.8, 4) is 17.8 Å². The Hall–Kier alpha value is -3.12. The molecule has 2 aromatic rings. The topological polar surface area (TPSA) is 77.4 Å². The van der Waals surface area contributed by atoms with Gasteiger partial charge in [0, 0.05) is 18.6 Å². The molecule has 0 saturated carbocycles. The molecule has 1 aromatic carbocycles. The number of anilines is 1. The second-order valence-corrected chi connectivity index (χ2v) is 3.56. The molecule has 0 bridgehead atoms. The van der Waals surface area contributed by atoms with Gasteiger partial charge in [0.1, 0.15) is 23.5 Å². The van der Waals surface area contributed by atoms with Gasteiger partial charge in [-0.25, -0.2) is 9.37 Å². The van der Waals surface area contributed by atoms with Crippen LogP contribution in [0.1, 0.15) is 0 Å². The van der Waals surface area contributed by atoms with Gasteiger partial charge in [0.2, 0.25) is 0 Å². The van der Waals surface area contributed by atoms with Crippen LogP contribution in [0.25, 0.3) is 5.69 Å². The van der Waals surface area contributed by atoms with Crippen LogP contribution in [-0.2, 0) is 0 Å². The molecule has 0 spiro atoms. The first-order valence-electron chi connectivity index (χ1n) is 5.29. The predicted octanol–water partition coefficient (Wildman–Crippen LogP) is 2.35. The third kappa shape index (κ3) is 2.76. The Morgan fingerprint density at radius 3 is 2.79 bits per heavy atom. The predicted molar refractivity (Wildman–Crippen MR) is 66.5 cm³/mol. The van der Waals surface area contributed by atoms with Gasteiger partial charge in [-0.3, -0.25) is 0 Å². The minimum atomic E-state index is -0.421. The lowest BCUT2D eigenvalue weighted by molar-refractivity contribution is 0.628. The molecule has 1 heterocycles. The van der Waals surface area contributed by atoms with Crippen LogP contribution in [-0.4, -0.2) is 9.55 Å². The fourth-order valence-electron chi connectivity index (χ4n) is 1.49. The second kappa shape index (κ2) is 5.48. The van der Waals surface area contributed by atoms with E-state index in [1.54, 1.807) is 41.5 Å². The van der Waals surface area contributed by atoms with Crippen molar-refractivity contribution in [2.75, 3.05) is 5.32 Å². The van der Waals surface area contributed by atoms with Gasteiger partial charge in [0.05, 0.1) is 17.7 Å². The number of nitriles is 2. The SMILES string of the molecule is N#CC(C#N)=CNc1cc(F)ccc1-n1ccnc1. The highest BCUT2D eigenvalue weighted by Gasteiger charge is 2.05. The molecule has 2 rings (SSSR count). The van der Waals surface area contributed by atoms with Crippen LogP contribution in [0.3, 0.4) is 0 Å². The molecule has 0 aliphatic heterocycles. The van der Waals surface area contributed by atoms with Crippen LogP contribution in [0.2, 0.25) is 0 Å². The quantitative estimate of drug-likeness (QED) is 0.852. The fraction of sp³-hybridized carbons (Fsp3) is 0. The number of nitrogens with zero attached hydrogens (tertiary/aromatic N) is 4. The lowest BCUT2D eigenvalue weighted by Crippen LogP contribution is -1.99. The summed E-state index contributed by atoms with van der Waals surface area (Å²) < 4.78 is 14.9. The van der Waals surface area contributed by atoms with Crippen LogP contribution in [0, 0.1) is 28.5 Å². The van der Waals surface area contributed by atoms with Crippen molar-refractivity contribution in [2.45, 2.75) is 0 Å². The summed E-state index contributed by atoms with van der Waals surface area (Å²) in [6, 6.07) is 7.60. The maximum absolute atomic E-state index is 13.3. The number of imidazole rings is 1. The van der Waals surface area contributed by atoms with Crippen molar-refractivity contribution in [1.29, 1.82) is 10.5 Å². The minimum absolute atomic E-state index is 0.0964. The summed E-state index contributed by atoms with van der Waals surface area (Å²) in [7, 11) is 0. The molecule has 5 nitrogen and oxygen atoms in total. The van der Waals surface area contributed by atoms with E-state index in [9.17, 15) is 4.39 Å². The van der Waals surface area contributed by atoms with Crippen LogP contribution < -0.4 is 5.32 Å². The van der Waals surface area contributed by atoms with E-state index >= 15 is 0 Å². The molecule has 0 aliphatic carbocycles. The maximum atomic E-state index is 13.3. The Bertz CT molecular complexity index is 673. The van der Waals surface area contributed by atoms with E-state index in [-0.39, 0.29) is 5.57 Å². The Balaban J connectivity index is 2.40. The number of halogens is 1. The number of benzene rings is 1. The first-order chi connectivity index (χ1) is 9.24. The van der Waals surface area contributed by atoms with E-state index in [0.717, 1.165) is 0 Å². The van der Waals surface area contributed by atoms with Crippen LogP contribution >= 0.6 is 0 Å². The average Bonchev–Trinajstić information content (AvgIpc) is 2.94. The van der Waals surface area contributed by atoms with Gasteiger partial charge in [0.15, 0.2) is 0 Å². The number of rotatable bonds is 3. The third-order valence-corrected chi connectivity index (χ3v) is 2.35. The zero-order chi connectivity index (χ0) is 13.7. The normalized spacial score (nSPS) is 9.21. The number of allylic oxidation sites excluding steroid dienone is 1. The zero-order valence-corrected chi connectivity index (χ0v) is 9.71. The Morgan fingerprint density at radius 1 is 1.37 bits per heavy atom. The van der Waals surface area contributed by atoms with Crippen molar-refractivity contribution in [3.63, 3.8) is 0 Å². The molecule has 0 fully saturated rings. The Morgan fingerprint density at radius 2 is 2.16 bits per heavy atom. The molecule has 1 aromatic heterocycles. The number of hydrogen-bond acceptors (Lipinski definition) is 4. The van der Waals surface area contributed by atoms with E-state index in [1.165, 1.54) is 18.3 Å². The number of aromatic nitrogens is 2. The Kier molecular flexibility index (Phi) is 3.56. The molecule has 0 amide bonds. The van der Waals surface area contributed by atoms with Gasteiger partial charge >= 0.3 is 0 Å². The highest BCUT2D eigenvalue weighted by molar-refractivity contribution is 5.63. The molecule has 1 N–H and O–H groups in total. The summed E-state index contributed by atoms with van der Waals surface area (Å²) in [5, 5.41) is 20.0. The van der Waals surface area contributed by atoms with E-state index in [0.29, 0.717) is 11.4 Å². The van der Waals surface area contributed by atoms with Gasteiger partial charge in [-0.1, -0.05) is 0 Å². The summed E-state index contributed by atoms with van der Waals surface area (Å²) >= 11 is 0. The number of hydrogen-bond donors (Lipinski definition) is 1. The van der Waals surface area contributed by atoms with Crippen molar-refractivity contribution in [1.82, 2.24) is 9.55 Å². The van der Waals surface area contributed by atoms with Crippen LogP contribution in [0.15, 0.2) is 48.7 Å². The van der Waals surface area contributed by atoms with Crippen molar-refractivity contribution >= 4 is 5.69 Å². The molecule has 0 saturated heterocycles. The standard InChI is InChI=1S/C13H8FN5/c14-11-1-2-13(19-4-3-17-9-19)12(5-11)18-8-10(6-15)7-16/h1-5,8-9,18H. The molecule has 0 unspecified atom stereocenters. The van der Waals surface area contributed by atoms with E-state index in [4.69, 9.17) is 10.5 Å². The summed E-state index contributed by atoms with van der Waals surface area (Å²) in [5.41, 5.74) is 0.993. The van der Waals surface area contributed by atoms with Gasteiger partial charge in [-0.15, -0.1) is 0 Å². The molecular formula is C13H8FN5. The van der Waals surface area contributed by atoms with Crippen LogP contribution in [0.4, 0.5) is 10.1 Å². The highest BCUT2D eigenvalue weighted by atomic mass is 19.1. The van der Waals surface area contributed by atoms with Gasteiger partial charge in [-0.2, -0.15) is 10.5 Å². The van der Waals surface area contributed by atoms with E-state index in [2.05, 4.69) is 10.3 Å². The first-order valence-corrected chi connectivity index (χ1v) is 5.29. The summed E-state index contributed by atoms with van der Waals surface area (Å²) in [4.78, 5) is 3.91. The first kappa shape index (κ1) is 12.3. The van der Waals surface area contributed by atoms with Crippen molar-refractivity contribution in [3.05, 3.63) is 54.5 Å². The van der Waals surface area contributed by atoms with Crippen molar-refractivity contribution in [2.24, 2.45) is 0 Å². The minimum Gasteiger partial charge on any atom is -0.358 e. The number of nitrogens with one attached hydrogen (secondary N) is 1. The molecule has 0 aliphatic rings. The lowest BCUT2D eigenvalue weighted by Gasteiger charge is -2.10. The molecule has 92 valence electrons. The largest absolute Gasteiger partial charge is 0.358 e. The van der Waals surface area contributed by atoms with Gasteiger partial charge in [-0.05, 0) is 18.2 Å². The molecule has 0 atom stereocenters. The molecule has 19 heavy (non-hydrogen) atoms. The molecule has 6 heteroatoms. The zero-order valence-electron chi connectivity index (χ0n) is 9.71. The second-order valence-electron chi connectivity index (χ2n) is 3.56. The average molecular weight is 253 g/mol. The van der Waals surface area contributed by atoms with Gasteiger partial charge in [0.25, 0.3) is 0 Å². The van der Waals surface area contributed by atoms with Crippen LogP contribution in [0.5, 0.6) is 0 Å². The summed E-state index contributed by atoms with van der Waals surface area (Å²) in [6.07, 6.45) is 6.10. The summed E-state index contributed by atoms with van der Waals surface area (Å²) in [5.74, 6) is -0.421. The monoisotopic (exact) mass is 253 g/mol. The Labute approximate surface area is 108 Å². The van der Waals surface area contributed by atoms with Gasteiger partial charge < -0.3 is 9.88 Å². The maximum Gasteiger partial charge on any atom is 0.145 e. The molecule has 0 radical (unpaired) electrons. The summed E-state index contributed by atoms with van der Waals surface area (Å²) in [6.45, 7) is 0. The smallest absolute Gasteiger partial charge is 0.145 e. The highest BCUT2D eigenvalue weighted by Crippen LogP contribution is 2.21. The van der Waals surface area contributed by atoms with Crippen molar-refractivity contribution < 1.29 is 4.39 Å². The fourth-order valence-corrected chi connectivity index (χ4v) is 1.49. The van der Waals surface area contributed by atoms with E-state index in [1.807, 2.05) is 0 Å². The lowest BCUT2D eigenvalue weighted by atomic mass is 10.2. The van der Waals surface area contributed by atoms with E-state index < -0.39 is 5.82 Å². The molecular weight excluding hydrogens is 245 g/mol. The third-order valence-electron chi connectivity index (χ3n) is 2.35.